The van der Waals surface area contributed by atoms with Crippen LogP contribution in [0.15, 0.2) is 18.2 Å². The van der Waals surface area contributed by atoms with Gasteiger partial charge in [-0.2, -0.15) is 0 Å². The molecule has 1 fully saturated rings. The Bertz CT molecular complexity index is 512. The fourth-order valence-corrected chi connectivity index (χ4v) is 2.75. The molecule has 1 amide bonds. The number of aryl methyl sites for hydroxylation is 2. The molecular formula is C17H26N2O2. The number of rotatable bonds is 8. The molecule has 1 unspecified atom stereocenters. The van der Waals surface area contributed by atoms with Crippen LogP contribution in [0.2, 0.25) is 0 Å². The minimum atomic E-state index is -0.729. The van der Waals surface area contributed by atoms with Crippen LogP contribution in [0.25, 0.3) is 0 Å². The minimum Gasteiger partial charge on any atom is -0.491 e. The fraction of sp³-hybridized carbons (Fsp3) is 0.588. The second kappa shape index (κ2) is 6.48. The number of carbonyl (C=O) groups excluding carboxylic acids is 1. The highest BCUT2D eigenvalue weighted by molar-refractivity contribution is 5.85. The number of nitrogens with two attached hydrogens (primary N) is 1. The van der Waals surface area contributed by atoms with Crippen LogP contribution in [0.4, 0.5) is 0 Å². The minimum absolute atomic E-state index is 0.298. The lowest BCUT2D eigenvalue weighted by molar-refractivity contribution is -0.126. The van der Waals surface area contributed by atoms with E-state index in [0.29, 0.717) is 12.5 Å². The van der Waals surface area contributed by atoms with Gasteiger partial charge in [-0.05, 0) is 57.2 Å². The van der Waals surface area contributed by atoms with E-state index in [9.17, 15) is 4.79 Å². The molecule has 116 valence electrons. The van der Waals surface area contributed by atoms with Crippen molar-refractivity contribution in [1.82, 2.24) is 5.32 Å². The molecule has 21 heavy (non-hydrogen) atoms. The summed E-state index contributed by atoms with van der Waals surface area (Å²) in [6, 6.07) is 6.06. The van der Waals surface area contributed by atoms with Crippen molar-refractivity contribution in [3.8, 4) is 5.75 Å². The van der Waals surface area contributed by atoms with Gasteiger partial charge in [0.1, 0.15) is 17.9 Å². The van der Waals surface area contributed by atoms with Gasteiger partial charge in [0.05, 0.1) is 0 Å². The smallest absolute Gasteiger partial charge is 0.241 e. The second-order valence-corrected chi connectivity index (χ2v) is 6.09. The van der Waals surface area contributed by atoms with E-state index in [1.54, 1.807) is 0 Å². The fourth-order valence-electron chi connectivity index (χ4n) is 2.75. The molecule has 1 aliphatic rings. The Hall–Kier alpha value is -1.55. The summed E-state index contributed by atoms with van der Waals surface area (Å²) in [5.74, 6) is 0.820. The number of benzene rings is 1. The summed E-state index contributed by atoms with van der Waals surface area (Å²) in [5.41, 5.74) is 7.25. The molecule has 0 saturated heterocycles. The average molecular weight is 290 g/mol. The summed E-state index contributed by atoms with van der Waals surface area (Å²) in [6.45, 7) is 7.23. The molecule has 1 aromatic carbocycles. The number of hydrogen-bond donors (Lipinski definition) is 2. The Morgan fingerprint density at radius 3 is 2.67 bits per heavy atom. The lowest BCUT2D eigenvalue weighted by Gasteiger charge is -2.32. The van der Waals surface area contributed by atoms with E-state index in [2.05, 4.69) is 25.2 Å². The summed E-state index contributed by atoms with van der Waals surface area (Å²) in [6.07, 6.45) is 3.04. The molecule has 3 N–H and O–H groups in total. The maximum Gasteiger partial charge on any atom is 0.241 e. The molecule has 1 atom stereocenters. The Kier molecular flexibility index (Phi) is 4.88. The maximum absolute atomic E-state index is 12.0. The van der Waals surface area contributed by atoms with E-state index >= 15 is 0 Å². The van der Waals surface area contributed by atoms with Gasteiger partial charge in [0.25, 0.3) is 0 Å². The van der Waals surface area contributed by atoms with E-state index in [0.717, 1.165) is 37.1 Å². The first-order chi connectivity index (χ1) is 9.99. The van der Waals surface area contributed by atoms with Crippen LogP contribution in [0.3, 0.4) is 0 Å². The molecule has 1 saturated carbocycles. The van der Waals surface area contributed by atoms with Gasteiger partial charge in [0.15, 0.2) is 0 Å². The number of amides is 1. The van der Waals surface area contributed by atoms with Crippen molar-refractivity contribution >= 4 is 5.91 Å². The van der Waals surface area contributed by atoms with Crippen molar-refractivity contribution in [2.45, 2.75) is 45.6 Å². The highest BCUT2D eigenvalue weighted by Gasteiger charge is 2.50. The topological polar surface area (TPSA) is 64.3 Å². The normalized spacial score (nSPS) is 17.3. The predicted octanol–water partition coefficient (Wildman–Crippen LogP) is 2.32. The molecule has 0 spiro atoms. The third-order valence-corrected chi connectivity index (χ3v) is 4.19. The summed E-state index contributed by atoms with van der Waals surface area (Å²) in [7, 11) is 0. The van der Waals surface area contributed by atoms with E-state index < -0.39 is 5.54 Å². The molecular weight excluding hydrogens is 264 g/mol. The zero-order chi connectivity index (χ0) is 15.5. The van der Waals surface area contributed by atoms with Crippen LogP contribution in [-0.4, -0.2) is 24.6 Å². The number of ether oxygens (including phenoxy) is 1. The molecule has 0 aromatic heterocycles. The summed E-state index contributed by atoms with van der Waals surface area (Å²) < 4.78 is 5.95. The summed E-state index contributed by atoms with van der Waals surface area (Å²) in [4.78, 5) is 12.0. The van der Waals surface area contributed by atoms with Crippen molar-refractivity contribution in [3.63, 3.8) is 0 Å². The first-order valence-corrected chi connectivity index (χ1v) is 7.74. The van der Waals surface area contributed by atoms with Gasteiger partial charge in [-0.25, -0.2) is 0 Å². The lowest BCUT2D eigenvalue weighted by Crippen LogP contribution is -2.61. The molecule has 0 bridgehead atoms. The van der Waals surface area contributed by atoms with Crippen LogP contribution < -0.4 is 15.8 Å². The summed E-state index contributed by atoms with van der Waals surface area (Å²) in [5, 5.41) is 3.35. The van der Waals surface area contributed by atoms with E-state index in [1.165, 1.54) is 5.56 Å². The maximum atomic E-state index is 12.0. The van der Waals surface area contributed by atoms with Crippen molar-refractivity contribution in [1.29, 1.82) is 0 Å². The molecule has 0 aliphatic heterocycles. The van der Waals surface area contributed by atoms with Crippen LogP contribution in [0.1, 0.15) is 37.3 Å². The van der Waals surface area contributed by atoms with Crippen LogP contribution in [0.5, 0.6) is 5.75 Å². The first kappa shape index (κ1) is 15.8. The van der Waals surface area contributed by atoms with Gasteiger partial charge in [-0.3, -0.25) is 4.79 Å². The zero-order valence-corrected chi connectivity index (χ0v) is 13.2. The Labute approximate surface area is 127 Å². The van der Waals surface area contributed by atoms with Crippen molar-refractivity contribution in [2.24, 2.45) is 11.7 Å². The van der Waals surface area contributed by atoms with Crippen LogP contribution >= 0.6 is 0 Å². The third-order valence-electron chi connectivity index (χ3n) is 4.19. The number of carbonyl (C=O) groups is 1. The van der Waals surface area contributed by atoms with E-state index in [4.69, 9.17) is 10.5 Å². The van der Waals surface area contributed by atoms with Gasteiger partial charge >= 0.3 is 0 Å². The van der Waals surface area contributed by atoms with Crippen LogP contribution in [0, 0.1) is 19.8 Å². The molecule has 1 aliphatic carbocycles. The predicted molar refractivity (Wildman–Crippen MR) is 84.4 cm³/mol. The van der Waals surface area contributed by atoms with Gasteiger partial charge in [0.2, 0.25) is 5.91 Å². The largest absolute Gasteiger partial charge is 0.491 e. The molecule has 1 aromatic rings. The third kappa shape index (κ3) is 3.56. The van der Waals surface area contributed by atoms with Gasteiger partial charge in [0, 0.05) is 0 Å². The average Bonchev–Trinajstić information content (AvgIpc) is 3.25. The van der Waals surface area contributed by atoms with Crippen molar-refractivity contribution in [3.05, 3.63) is 29.3 Å². The van der Waals surface area contributed by atoms with Gasteiger partial charge < -0.3 is 15.8 Å². The number of nitrogens with one attached hydrogen (secondary N) is 1. The van der Waals surface area contributed by atoms with Gasteiger partial charge in [-0.1, -0.05) is 24.6 Å². The highest BCUT2D eigenvalue weighted by atomic mass is 16.5. The van der Waals surface area contributed by atoms with Gasteiger partial charge in [-0.15, -0.1) is 0 Å². The van der Waals surface area contributed by atoms with Crippen LogP contribution in [-0.2, 0) is 4.79 Å². The second-order valence-electron chi connectivity index (χ2n) is 6.09. The van der Waals surface area contributed by atoms with E-state index in [1.807, 2.05) is 19.1 Å². The Morgan fingerprint density at radius 1 is 1.43 bits per heavy atom. The monoisotopic (exact) mass is 290 g/mol. The molecule has 4 heteroatoms. The molecule has 4 nitrogen and oxygen atoms in total. The molecule has 2 rings (SSSR count). The Morgan fingerprint density at radius 2 is 2.14 bits per heavy atom. The summed E-state index contributed by atoms with van der Waals surface area (Å²) >= 11 is 0. The SMILES string of the molecule is CCCNC(COc1ccc(C)cc1C)(C(N)=O)C1CC1. The highest BCUT2D eigenvalue weighted by Crippen LogP contribution is 2.40. The molecule has 0 radical (unpaired) electrons. The van der Waals surface area contributed by atoms with Crippen molar-refractivity contribution in [2.75, 3.05) is 13.2 Å². The Balaban J connectivity index is 2.13. The van der Waals surface area contributed by atoms with E-state index in [-0.39, 0.29) is 5.91 Å². The first-order valence-electron chi connectivity index (χ1n) is 7.74. The number of primary amides is 1. The van der Waals surface area contributed by atoms with Crippen molar-refractivity contribution < 1.29 is 9.53 Å². The molecule has 0 heterocycles. The zero-order valence-electron chi connectivity index (χ0n) is 13.2. The number of hydrogen-bond acceptors (Lipinski definition) is 3. The standard InChI is InChI=1S/C17H26N2O2/c1-4-9-19-17(16(18)20,14-6-7-14)11-21-15-8-5-12(2)10-13(15)3/h5,8,10,14,19H,4,6-7,9,11H2,1-3H3,(H2,18,20). The quantitative estimate of drug-likeness (QED) is 0.772. The lowest BCUT2D eigenvalue weighted by atomic mass is 9.93.